The molecule has 1 saturated heterocycles. The minimum absolute atomic E-state index is 0.256. The molecule has 2 nitrogen and oxygen atoms in total. The summed E-state index contributed by atoms with van der Waals surface area (Å²) in [7, 11) is -0.256. The molecule has 0 N–H and O–H groups in total. The third-order valence-corrected chi connectivity index (χ3v) is 4.21. The highest BCUT2D eigenvalue weighted by molar-refractivity contribution is 14.1. The van der Waals surface area contributed by atoms with Gasteiger partial charge in [-0.15, -0.1) is 0 Å². The van der Waals surface area contributed by atoms with Gasteiger partial charge in [0.05, 0.1) is 11.2 Å². The molecule has 1 fully saturated rings. The molecule has 0 bridgehead atoms. The van der Waals surface area contributed by atoms with Crippen molar-refractivity contribution in [3.05, 3.63) is 27.3 Å². The van der Waals surface area contributed by atoms with Crippen molar-refractivity contribution in [2.45, 2.75) is 45.8 Å². The van der Waals surface area contributed by atoms with Crippen LogP contribution in [-0.4, -0.2) is 18.3 Å². The Kier molecular flexibility index (Phi) is 3.34. The summed E-state index contributed by atoms with van der Waals surface area (Å²) in [4.78, 5) is 0. The zero-order valence-electron chi connectivity index (χ0n) is 11.0. The summed E-state index contributed by atoms with van der Waals surface area (Å²) in [6.45, 7) is 10.4. The monoisotopic (exact) mass is 344 g/mol. The van der Waals surface area contributed by atoms with E-state index in [1.807, 2.05) is 0 Å². The maximum atomic E-state index is 6.03. The van der Waals surface area contributed by atoms with Crippen LogP contribution in [0.3, 0.4) is 0 Å². The molecule has 17 heavy (non-hydrogen) atoms. The molecular formula is C13H18BIO2. The minimum Gasteiger partial charge on any atom is -0.399 e. The van der Waals surface area contributed by atoms with Crippen LogP contribution in [0, 0.1) is 10.5 Å². The molecule has 1 aromatic carbocycles. The zero-order chi connectivity index (χ0) is 12.8. The molecule has 0 amide bonds. The van der Waals surface area contributed by atoms with Crippen LogP contribution in [0.1, 0.15) is 33.3 Å². The molecule has 0 atom stereocenters. The lowest BCUT2D eigenvalue weighted by atomic mass is 9.78. The van der Waals surface area contributed by atoms with E-state index < -0.39 is 0 Å². The summed E-state index contributed by atoms with van der Waals surface area (Å²) in [5.41, 5.74) is 1.80. The van der Waals surface area contributed by atoms with E-state index in [9.17, 15) is 0 Å². The molecule has 0 radical (unpaired) electrons. The van der Waals surface area contributed by atoms with Crippen molar-refractivity contribution in [2.24, 2.45) is 0 Å². The topological polar surface area (TPSA) is 18.5 Å². The predicted octanol–water partition coefficient (Wildman–Crippen LogP) is 2.90. The quantitative estimate of drug-likeness (QED) is 0.576. The van der Waals surface area contributed by atoms with Gasteiger partial charge in [-0.3, -0.25) is 0 Å². The Balaban J connectivity index is 2.32. The Bertz CT molecular complexity index is 407. The fraction of sp³-hybridized carbons (Fsp3) is 0.538. The number of hydrogen-bond donors (Lipinski definition) is 0. The largest absolute Gasteiger partial charge is 0.494 e. The molecule has 0 spiro atoms. The van der Waals surface area contributed by atoms with Gasteiger partial charge in [-0.05, 0) is 74.8 Å². The number of halogens is 1. The van der Waals surface area contributed by atoms with Crippen molar-refractivity contribution < 1.29 is 9.31 Å². The summed E-state index contributed by atoms with van der Waals surface area (Å²) in [6.07, 6.45) is 0. The second kappa shape index (κ2) is 4.25. The van der Waals surface area contributed by atoms with Crippen LogP contribution in [0.2, 0.25) is 0 Å². The van der Waals surface area contributed by atoms with Gasteiger partial charge in [0.25, 0.3) is 0 Å². The molecule has 0 saturated carbocycles. The van der Waals surface area contributed by atoms with Crippen LogP contribution in [-0.2, 0) is 9.31 Å². The lowest BCUT2D eigenvalue weighted by Gasteiger charge is -2.32. The molecule has 2 rings (SSSR count). The Morgan fingerprint density at radius 2 is 1.53 bits per heavy atom. The zero-order valence-corrected chi connectivity index (χ0v) is 13.2. The van der Waals surface area contributed by atoms with Crippen LogP contribution in [0.25, 0.3) is 0 Å². The van der Waals surface area contributed by atoms with E-state index >= 15 is 0 Å². The average molecular weight is 344 g/mol. The third kappa shape index (κ3) is 2.54. The van der Waals surface area contributed by atoms with Gasteiger partial charge in [0.2, 0.25) is 0 Å². The molecule has 1 aliphatic rings. The molecule has 1 aromatic rings. The normalized spacial score (nSPS) is 21.9. The van der Waals surface area contributed by atoms with E-state index in [0.717, 1.165) is 5.46 Å². The van der Waals surface area contributed by atoms with Gasteiger partial charge in [0.1, 0.15) is 0 Å². The number of hydrogen-bond acceptors (Lipinski definition) is 2. The van der Waals surface area contributed by atoms with E-state index in [2.05, 4.69) is 75.4 Å². The Labute approximate surface area is 117 Å². The Hall–Kier alpha value is -0.0651. The van der Waals surface area contributed by atoms with Gasteiger partial charge < -0.3 is 9.31 Å². The van der Waals surface area contributed by atoms with Crippen LogP contribution >= 0.6 is 22.6 Å². The Morgan fingerprint density at radius 3 is 2.00 bits per heavy atom. The highest BCUT2D eigenvalue weighted by Gasteiger charge is 2.51. The van der Waals surface area contributed by atoms with Gasteiger partial charge in [-0.25, -0.2) is 0 Å². The summed E-state index contributed by atoms with van der Waals surface area (Å²) < 4.78 is 13.3. The van der Waals surface area contributed by atoms with Crippen molar-refractivity contribution in [2.75, 3.05) is 0 Å². The van der Waals surface area contributed by atoms with Crippen LogP contribution in [0.4, 0.5) is 0 Å². The minimum atomic E-state index is -0.271. The maximum absolute atomic E-state index is 6.03. The molecule has 1 aliphatic heterocycles. The SMILES string of the molecule is Cc1cc(I)cc(B2OC(C)(C)C(C)(C)O2)c1. The van der Waals surface area contributed by atoms with Gasteiger partial charge in [0, 0.05) is 3.57 Å². The number of benzene rings is 1. The van der Waals surface area contributed by atoms with Gasteiger partial charge in [0.15, 0.2) is 0 Å². The standard InChI is InChI=1S/C13H18BIO2/c1-9-6-10(8-11(15)7-9)14-16-12(2,3)13(4,5)17-14/h6-8H,1-5H3. The maximum Gasteiger partial charge on any atom is 0.494 e. The lowest BCUT2D eigenvalue weighted by molar-refractivity contribution is 0.00578. The number of aryl methyl sites for hydroxylation is 1. The predicted molar refractivity (Wildman–Crippen MR) is 79.6 cm³/mol. The van der Waals surface area contributed by atoms with E-state index in [1.165, 1.54) is 9.13 Å². The van der Waals surface area contributed by atoms with E-state index in [0.29, 0.717) is 0 Å². The number of rotatable bonds is 1. The van der Waals surface area contributed by atoms with Crippen LogP contribution in [0.5, 0.6) is 0 Å². The molecule has 1 heterocycles. The lowest BCUT2D eigenvalue weighted by Crippen LogP contribution is -2.41. The van der Waals surface area contributed by atoms with Crippen LogP contribution in [0.15, 0.2) is 18.2 Å². The summed E-state index contributed by atoms with van der Waals surface area (Å²) in [5, 5.41) is 0. The van der Waals surface area contributed by atoms with E-state index in [1.54, 1.807) is 0 Å². The second-order valence-electron chi connectivity index (χ2n) is 5.65. The van der Waals surface area contributed by atoms with Crippen molar-refractivity contribution in [1.29, 1.82) is 0 Å². The molecular weight excluding hydrogens is 326 g/mol. The summed E-state index contributed by atoms with van der Waals surface area (Å²) in [5.74, 6) is 0. The highest BCUT2D eigenvalue weighted by Crippen LogP contribution is 2.36. The first kappa shape index (κ1) is 13.4. The van der Waals surface area contributed by atoms with Crippen LogP contribution < -0.4 is 5.46 Å². The smallest absolute Gasteiger partial charge is 0.399 e. The van der Waals surface area contributed by atoms with E-state index in [-0.39, 0.29) is 18.3 Å². The van der Waals surface area contributed by atoms with Crippen molar-refractivity contribution in [3.63, 3.8) is 0 Å². The molecule has 4 heteroatoms. The third-order valence-electron chi connectivity index (χ3n) is 3.59. The average Bonchev–Trinajstić information content (AvgIpc) is 2.34. The molecule has 0 unspecified atom stereocenters. The van der Waals surface area contributed by atoms with Gasteiger partial charge >= 0.3 is 7.12 Å². The first-order chi connectivity index (χ1) is 7.71. The summed E-state index contributed by atoms with van der Waals surface area (Å²) in [6, 6.07) is 6.40. The van der Waals surface area contributed by atoms with Crippen molar-refractivity contribution in [3.8, 4) is 0 Å². The Morgan fingerprint density at radius 1 is 1.00 bits per heavy atom. The first-order valence-corrected chi connectivity index (χ1v) is 6.92. The van der Waals surface area contributed by atoms with Gasteiger partial charge in [-0.2, -0.15) is 0 Å². The summed E-state index contributed by atoms with van der Waals surface area (Å²) >= 11 is 2.32. The highest BCUT2D eigenvalue weighted by atomic mass is 127. The van der Waals surface area contributed by atoms with Crippen molar-refractivity contribution >= 4 is 35.2 Å². The van der Waals surface area contributed by atoms with E-state index in [4.69, 9.17) is 9.31 Å². The fourth-order valence-corrected chi connectivity index (χ4v) is 2.73. The first-order valence-electron chi connectivity index (χ1n) is 5.84. The van der Waals surface area contributed by atoms with Gasteiger partial charge in [-0.1, -0.05) is 11.6 Å². The molecule has 0 aromatic heterocycles. The molecule has 92 valence electrons. The molecule has 0 aliphatic carbocycles. The van der Waals surface area contributed by atoms with Crippen molar-refractivity contribution in [1.82, 2.24) is 0 Å². The fourth-order valence-electron chi connectivity index (χ4n) is 1.88. The second-order valence-corrected chi connectivity index (χ2v) is 6.90.